The van der Waals surface area contributed by atoms with Crippen molar-refractivity contribution in [1.82, 2.24) is 10.6 Å². The Labute approximate surface area is 155 Å². The van der Waals surface area contributed by atoms with E-state index < -0.39 is 0 Å². The van der Waals surface area contributed by atoms with E-state index >= 15 is 0 Å². The van der Waals surface area contributed by atoms with Crippen LogP contribution in [0.3, 0.4) is 0 Å². The second-order valence-electron chi connectivity index (χ2n) is 6.52. The summed E-state index contributed by atoms with van der Waals surface area (Å²) in [6, 6.07) is 15.3. The van der Waals surface area contributed by atoms with Gasteiger partial charge in [0.1, 0.15) is 18.1 Å². The first-order valence-corrected chi connectivity index (χ1v) is 8.94. The Kier molecular flexibility index (Phi) is 7.33. The number of nitrogens with one attached hydrogen (secondary N) is 2. The highest BCUT2D eigenvalue weighted by Gasteiger charge is 2.10. The first kappa shape index (κ1) is 19.6. The third-order valence-electron chi connectivity index (χ3n) is 3.75. The molecule has 2 amide bonds. The lowest BCUT2D eigenvalue weighted by atomic mass is 10.1. The predicted molar refractivity (Wildman–Crippen MR) is 104 cm³/mol. The van der Waals surface area contributed by atoms with Crippen molar-refractivity contribution >= 4 is 6.03 Å². The highest BCUT2D eigenvalue weighted by Crippen LogP contribution is 2.20. The Morgan fingerprint density at radius 2 is 1.77 bits per heavy atom. The van der Waals surface area contributed by atoms with Crippen molar-refractivity contribution in [3.8, 4) is 11.5 Å². The van der Waals surface area contributed by atoms with Gasteiger partial charge in [-0.25, -0.2) is 4.79 Å². The molecule has 0 spiro atoms. The number of amides is 2. The topological polar surface area (TPSA) is 59.6 Å². The molecule has 0 aliphatic heterocycles. The fraction of sp³-hybridized carbons (Fsp3) is 0.381. The lowest BCUT2D eigenvalue weighted by molar-refractivity contribution is 0.233. The maximum Gasteiger partial charge on any atom is 0.315 e. The zero-order valence-electron chi connectivity index (χ0n) is 15.9. The minimum absolute atomic E-state index is 0.116. The van der Waals surface area contributed by atoms with Crippen LogP contribution in [0.2, 0.25) is 0 Å². The smallest absolute Gasteiger partial charge is 0.315 e. The number of aryl methyl sites for hydroxylation is 1. The average molecular weight is 356 g/mol. The molecule has 2 N–H and O–H groups in total. The molecule has 0 aliphatic carbocycles. The van der Waals surface area contributed by atoms with E-state index in [2.05, 4.69) is 10.6 Å². The van der Waals surface area contributed by atoms with E-state index in [0.29, 0.717) is 13.2 Å². The van der Waals surface area contributed by atoms with E-state index in [1.165, 1.54) is 5.56 Å². The van der Waals surface area contributed by atoms with Gasteiger partial charge in [0.15, 0.2) is 0 Å². The molecule has 2 aromatic carbocycles. The second kappa shape index (κ2) is 9.70. The SMILES string of the molecule is Cc1ccc(OCCNC(=O)NC(C)c2cccc(OC(C)C)c2)cc1. The maximum atomic E-state index is 12.0. The van der Waals surface area contributed by atoms with E-state index in [4.69, 9.17) is 9.47 Å². The van der Waals surface area contributed by atoms with Crippen molar-refractivity contribution in [3.63, 3.8) is 0 Å². The van der Waals surface area contributed by atoms with E-state index in [1.807, 2.05) is 76.2 Å². The third-order valence-corrected chi connectivity index (χ3v) is 3.75. The normalized spacial score (nSPS) is 11.7. The van der Waals surface area contributed by atoms with Crippen molar-refractivity contribution in [2.45, 2.75) is 39.8 Å². The molecule has 0 saturated carbocycles. The number of ether oxygens (including phenoxy) is 2. The lowest BCUT2D eigenvalue weighted by Crippen LogP contribution is -2.39. The van der Waals surface area contributed by atoms with E-state index in [-0.39, 0.29) is 18.2 Å². The van der Waals surface area contributed by atoms with Gasteiger partial charge in [-0.3, -0.25) is 0 Å². The summed E-state index contributed by atoms with van der Waals surface area (Å²) in [6.45, 7) is 8.80. The minimum Gasteiger partial charge on any atom is -0.492 e. The van der Waals surface area contributed by atoms with E-state index in [1.54, 1.807) is 0 Å². The van der Waals surface area contributed by atoms with Crippen molar-refractivity contribution < 1.29 is 14.3 Å². The molecule has 0 heterocycles. The average Bonchev–Trinajstić information content (AvgIpc) is 2.60. The molecule has 5 heteroatoms. The van der Waals surface area contributed by atoms with Crippen molar-refractivity contribution in [2.24, 2.45) is 0 Å². The molecule has 26 heavy (non-hydrogen) atoms. The standard InChI is InChI=1S/C21H28N2O3/c1-15(2)26-20-7-5-6-18(14-20)17(4)23-21(24)22-12-13-25-19-10-8-16(3)9-11-19/h5-11,14-15,17H,12-13H2,1-4H3,(H2,22,23,24). The monoisotopic (exact) mass is 356 g/mol. The zero-order chi connectivity index (χ0) is 18.9. The van der Waals surface area contributed by atoms with Gasteiger partial charge in [0, 0.05) is 0 Å². The van der Waals surface area contributed by atoms with Crippen LogP contribution in [-0.2, 0) is 0 Å². The molecule has 0 radical (unpaired) electrons. The van der Waals surface area contributed by atoms with Crippen LogP contribution in [0.1, 0.15) is 37.9 Å². The van der Waals surface area contributed by atoms with Crippen LogP contribution in [0.4, 0.5) is 4.79 Å². The summed E-state index contributed by atoms with van der Waals surface area (Å²) < 4.78 is 11.3. The van der Waals surface area contributed by atoms with Gasteiger partial charge in [0.25, 0.3) is 0 Å². The molecule has 2 aromatic rings. The predicted octanol–water partition coefficient (Wildman–Crippen LogP) is 4.22. The van der Waals surface area contributed by atoms with Crippen molar-refractivity contribution in [2.75, 3.05) is 13.2 Å². The van der Waals surface area contributed by atoms with Crippen molar-refractivity contribution in [3.05, 3.63) is 59.7 Å². The van der Waals surface area contributed by atoms with Crippen LogP contribution in [0, 0.1) is 6.92 Å². The molecular formula is C21H28N2O3. The summed E-state index contributed by atoms with van der Waals surface area (Å²) in [4.78, 5) is 12.0. The zero-order valence-corrected chi connectivity index (χ0v) is 15.9. The van der Waals surface area contributed by atoms with Gasteiger partial charge in [0.05, 0.1) is 18.7 Å². The molecule has 0 saturated heterocycles. The van der Waals surface area contributed by atoms with Gasteiger partial charge in [-0.2, -0.15) is 0 Å². The Balaban J connectivity index is 1.74. The Morgan fingerprint density at radius 3 is 2.46 bits per heavy atom. The van der Waals surface area contributed by atoms with Gasteiger partial charge in [0.2, 0.25) is 0 Å². The first-order chi connectivity index (χ1) is 12.4. The van der Waals surface area contributed by atoms with Gasteiger partial charge in [-0.05, 0) is 57.5 Å². The molecule has 1 unspecified atom stereocenters. The summed E-state index contributed by atoms with van der Waals surface area (Å²) in [5.74, 6) is 1.60. The molecule has 0 fully saturated rings. The van der Waals surface area contributed by atoms with Gasteiger partial charge >= 0.3 is 6.03 Å². The number of urea groups is 1. The molecule has 1 atom stereocenters. The largest absolute Gasteiger partial charge is 0.492 e. The molecular weight excluding hydrogens is 328 g/mol. The molecule has 0 aliphatic rings. The van der Waals surface area contributed by atoms with Gasteiger partial charge < -0.3 is 20.1 Å². The van der Waals surface area contributed by atoms with Crippen LogP contribution < -0.4 is 20.1 Å². The number of rotatable bonds is 8. The van der Waals surface area contributed by atoms with Gasteiger partial charge in [-0.1, -0.05) is 29.8 Å². The van der Waals surface area contributed by atoms with Crippen LogP contribution in [0.15, 0.2) is 48.5 Å². The highest BCUT2D eigenvalue weighted by molar-refractivity contribution is 5.74. The summed E-state index contributed by atoms with van der Waals surface area (Å²) >= 11 is 0. The minimum atomic E-state index is -0.222. The molecule has 5 nitrogen and oxygen atoms in total. The Morgan fingerprint density at radius 1 is 1.04 bits per heavy atom. The summed E-state index contributed by atoms with van der Waals surface area (Å²) in [5, 5.41) is 5.73. The van der Waals surface area contributed by atoms with E-state index in [0.717, 1.165) is 17.1 Å². The fourth-order valence-electron chi connectivity index (χ4n) is 2.43. The molecule has 0 bridgehead atoms. The van der Waals surface area contributed by atoms with Crippen LogP contribution in [0.25, 0.3) is 0 Å². The molecule has 140 valence electrons. The Hall–Kier alpha value is -2.69. The Bertz CT molecular complexity index is 699. The van der Waals surface area contributed by atoms with Crippen LogP contribution >= 0.6 is 0 Å². The van der Waals surface area contributed by atoms with E-state index in [9.17, 15) is 4.79 Å². The summed E-state index contributed by atoms with van der Waals surface area (Å²) in [7, 11) is 0. The van der Waals surface area contributed by atoms with Crippen LogP contribution in [-0.4, -0.2) is 25.3 Å². The number of hydrogen-bond acceptors (Lipinski definition) is 3. The van der Waals surface area contributed by atoms with Crippen LogP contribution in [0.5, 0.6) is 11.5 Å². The quantitative estimate of drug-likeness (QED) is 0.696. The highest BCUT2D eigenvalue weighted by atomic mass is 16.5. The second-order valence-corrected chi connectivity index (χ2v) is 6.52. The number of carbonyl (C=O) groups excluding carboxylic acids is 1. The molecule has 0 aromatic heterocycles. The first-order valence-electron chi connectivity index (χ1n) is 8.94. The van der Waals surface area contributed by atoms with Gasteiger partial charge in [-0.15, -0.1) is 0 Å². The summed E-state index contributed by atoms with van der Waals surface area (Å²) in [5.41, 5.74) is 2.18. The fourth-order valence-corrected chi connectivity index (χ4v) is 2.43. The third kappa shape index (κ3) is 6.67. The number of carbonyl (C=O) groups is 1. The number of hydrogen-bond donors (Lipinski definition) is 2. The van der Waals surface area contributed by atoms with Crippen molar-refractivity contribution in [1.29, 1.82) is 0 Å². The summed E-state index contributed by atoms with van der Waals surface area (Å²) in [6.07, 6.45) is 0.116. The molecule has 2 rings (SSSR count). The lowest BCUT2D eigenvalue weighted by Gasteiger charge is -2.17. The number of benzene rings is 2. The maximum absolute atomic E-state index is 12.0.